The molecule has 19 heavy (non-hydrogen) atoms. The van der Waals surface area contributed by atoms with Crippen molar-refractivity contribution >= 4 is 0 Å². The molecule has 0 saturated heterocycles. The minimum atomic E-state index is -1.01. The SMILES string of the molecule is CC(C)(O)C(C)(C)O.C[C]1[C](C)[C](C)[C](C)[C]1C.[Rh]. The summed E-state index contributed by atoms with van der Waals surface area (Å²) >= 11 is 0. The Morgan fingerprint density at radius 3 is 0.684 bits per heavy atom. The van der Waals surface area contributed by atoms with Gasteiger partial charge in [0.2, 0.25) is 0 Å². The molecule has 0 bridgehead atoms. The fourth-order valence-corrected chi connectivity index (χ4v) is 1.41. The minimum Gasteiger partial charge on any atom is -0.387 e. The molecule has 0 aromatic heterocycles. The van der Waals surface area contributed by atoms with Crippen LogP contribution < -0.4 is 0 Å². The van der Waals surface area contributed by atoms with Gasteiger partial charge in [0.25, 0.3) is 0 Å². The van der Waals surface area contributed by atoms with Crippen molar-refractivity contribution in [3.05, 3.63) is 29.6 Å². The second-order valence-corrected chi connectivity index (χ2v) is 6.24. The van der Waals surface area contributed by atoms with E-state index in [1.165, 1.54) is 29.6 Å². The van der Waals surface area contributed by atoms with Gasteiger partial charge >= 0.3 is 0 Å². The molecule has 0 unspecified atom stereocenters. The summed E-state index contributed by atoms with van der Waals surface area (Å²) < 4.78 is 0. The summed E-state index contributed by atoms with van der Waals surface area (Å²) in [6, 6.07) is 0. The van der Waals surface area contributed by atoms with E-state index in [0.717, 1.165) is 0 Å². The normalized spacial score (nSPS) is 21.0. The first-order valence-corrected chi connectivity index (χ1v) is 6.45. The zero-order valence-electron chi connectivity index (χ0n) is 13.7. The quantitative estimate of drug-likeness (QED) is 0.706. The Balaban J connectivity index is 0. The van der Waals surface area contributed by atoms with Crippen molar-refractivity contribution in [1.29, 1.82) is 0 Å². The van der Waals surface area contributed by atoms with Crippen LogP contribution in [-0.4, -0.2) is 21.4 Å². The maximum absolute atomic E-state index is 9.10. The molecular weight excluding hydrogens is 327 g/mol. The van der Waals surface area contributed by atoms with Crippen molar-refractivity contribution in [3.8, 4) is 0 Å². The molecule has 3 heteroatoms. The second-order valence-electron chi connectivity index (χ2n) is 6.24. The summed E-state index contributed by atoms with van der Waals surface area (Å²) in [5.41, 5.74) is -2.01. The van der Waals surface area contributed by atoms with Gasteiger partial charge in [-0.3, -0.25) is 0 Å². The largest absolute Gasteiger partial charge is 0.387 e. The minimum absolute atomic E-state index is 0. The Bertz CT molecular complexity index is 196. The molecule has 1 rings (SSSR count). The molecule has 0 aromatic rings. The van der Waals surface area contributed by atoms with Crippen LogP contribution in [0.15, 0.2) is 0 Å². The fourth-order valence-electron chi connectivity index (χ4n) is 1.41. The van der Waals surface area contributed by atoms with Crippen LogP contribution in [0, 0.1) is 29.6 Å². The Labute approximate surface area is 133 Å². The third-order valence-corrected chi connectivity index (χ3v) is 4.31. The van der Waals surface area contributed by atoms with E-state index in [-0.39, 0.29) is 19.5 Å². The van der Waals surface area contributed by atoms with E-state index in [4.69, 9.17) is 10.2 Å². The van der Waals surface area contributed by atoms with Gasteiger partial charge in [-0.05, 0) is 57.3 Å². The van der Waals surface area contributed by atoms with Gasteiger partial charge in [-0.25, -0.2) is 0 Å². The van der Waals surface area contributed by atoms with Gasteiger partial charge in [0.05, 0.1) is 11.2 Å². The number of rotatable bonds is 1. The Morgan fingerprint density at radius 1 is 0.526 bits per heavy atom. The molecule has 6 radical (unpaired) electrons. The molecule has 0 aromatic carbocycles. The maximum Gasteiger partial charge on any atom is 0.0872 e. The van der Waals surface area contributed by atoms with Crippen molar-refractivity contribution in [1.82, 2.24) is 0 Å². The van der Waals surface area contributed by atoms with Gasteiger partial charge in [-0.2, -0.15) is 0 Å². The Kier molecular flexibility index (Phi) is 8.65. The maximum atomic E-state index is 9.10. The standard InChI is InChI=1S/C10H15.C6H14O2.Rh/c1-6-7(2)9(4)10(5)8(6)3;1-5(2,7)6(3,4)8;/h1-5H3;7-8H,1-4H3;. The topological polar surface area (TPSA) is 40.5 Å². The zero-order valence-corrected chi connectivity index (χ0v) is 15.4. The van der Waals surface area contributed by atoms with E-state index in [2.05, 4.69) is 34.6 Å². The van der Waals surface area contributed by atoms with Crippen LogP contribution in [0.3, 0.4) is 0 Å². The predicted octanol–water partition coefficient (Wildman–Crippen LogP) is 3.50. The third-order valence-electron chi connectivity index (χ3n) is 4.31. The molecule has 1 aliphatic rings. The van der Waals surface area contributed by atoms with E-state index < -0.39 is 11.2 Å². The van der Waals surface area contributed by atoms with Crippen LogP contribution in [0.25, 0.3) is 0 Å². The molecule has 2 nitrogen and oxygen atoms in total. The molecule has 1 fully saturated rings. The molecule has 0 spiro atoms. The van der Waals surface area contributed by atoms with Crippen LogP contribution in [-0.2, 0) is 19.5 Å². The smallest absolute Gasteiger partial charge is 0.0872 e. The monoisotopic (exact) mass is 356 g/mol. The fraction of sp³-hybridized carbons (Fsp3) is 0.688. The Hall–Kier alpha value is 0.543. The van der Waals surface area contributed by atoms with E-state index >= 15 is 0 Å². The molecule has 0 amide bonds. The first kappa shape index (κ1) is 21.8. The van der Waals surface area contributed by atoms with Crippen LogP contribution in [0.4, 0.5) is 0 Å². The van der Waals surface area contributed by atoms with E-state index in [9.17, 15) is 0 Å². The Morgan fingerprint density at radius 2 is 0.632 bits per heavy atom. The number of aliphatic hydroxyl groups is 2. The number of hydrogen-bond acceptors (Lipinski definition) is 2. The van der Waals surface area contributed by atoms with E-state index in [1.807, 2.05) is 0 Å². The molecule has 114 valence electrons. The van der Waals surface area contributed by atoms with Crippen molar-refractivity contribution in [2.24, 2.45) is 0 Å². The summed E-state index contributed by atoms with van der Waals surface area (Å²) in [5.74, 6) is 7.34. The predicted molar refractivity (Wildman–Crippen MR) is 77.2 cm³/mol. The van der Waals surface area contributed by atoms with Gasteiger partial charge in [0.15, 0.2) is 0 Å². The van der Waals surface area contributed by atoms with Crippen LogP contribution in [0.1, 0.15) is 62.3 Å². The molecule has 1 saturated carbocycles. The second kappa shape index (κ2) is 7.52. The molecule has 1 aliphatic carbocycles. The van der Waals surface area contributed by atoms with Gasteiger partial charge in [-0.1, -0.05) is 34.6 Å². The van der Waals surface area contributed by atoms with Crippen LogP contribution >= 0.6 is 0 Å². The summed E-state index contributed by atoms with van der Waals surface area (Å²) in [6.07, 6.45) is 0. The van der Waals surface area contributed by atoms with Gasteiger partial charge in [0, 0.05) is 19.5 Å². The van der Waals surface area contributed by atoms with Gasteiger partial charge in [0.1, 0.15) is 0 Å². The zero-order chi connectivity index (χ0) is 14.9. The molecule has 2 N–H and O–H groups in total. The van der Waals surface area contributed by atoms with Crippen molar-refractivity contribution in [2.75, 3.05) is 0 Å². The average Bonchev–Trinajstić information content (AvgIpc) is 2.35. The molecular formula is C16H29O2Rh. The molecule has 0 aliphatic heterocycles. The average molecular weight is 356 g/mol. The van der Waals surface area contributed by atoms with Gasteiger partial charge < -0.3 is 10.2 Å². The van der Waals surface area contributed by atoms with Crippen LogP contribution in [0.5, 0.6) is 0 Å². The van der Waals surface area contributed by atoms with Crippen molar-refractivity contribution in [2.45, 2.75) is 73.5 Å². The summed E-state index contributed by atoms with van der Waals surface area (Å²) in [7, 11) is 0. The van der Waals surface area contributed by atoms with Crippen LogP contribution in [0.2, 0.25) is 0 Å². The summed E-state index contributed by atoms with van der Waals surface area (Å²) in [5, 5.41) is 18.2. The van der Waals surface area contributed by atoms with Crippen molar-refractivity contribution in [3.63, 3.8) is 0 Å². The molecule has 0 atom stereocenters. The van der Waals surface area contributed by atoms with Gasteiger partial charge in [-0.15, -0.1) is 0 Å². The van der Waals surface area contributed by atoms with E-state index in [1.54, 1.807) is 27.7 Å². The summed E-state index contributed by atoms with van der Waals surface area (Å²) in [4.78, 5) is 0. The number of hydrogen-bond donors (Lipinski definition) is 2. The van der Waals surface area contributed by atoms with E-state index in [0.29, 0.717) is 0 Å². The first-order chi connectivity index (χ1) is 7.80. The van der Waals surface area contributed by atoms with Crippen molar-refractivity contribution < 1.29 is 29.7 Å². The third kappa shape index (κ3) is 5.81. The summed E-state index contributed by atoms with van der Waals surface area (Å²) in [6.45, 7) is 17.3. The first-order valence-electron chi connectivity index (χ1n) is 6.45. The molecule has 0 heterocycles.